The molecule has 0 heterocycles. The Morgan fingerprint density at radius 3 is 2.05 bits per heavy atom. The summed E-state index contributed by atoms with van der Waals surface area (Å²) in [5, 5.41) is 3.43. The van der Waals surface area contributed by atoms with Crippen LogP contribution in [-0.2, 0) is 0 Å². The van der Waals surface area contributed by atoms with Gasteiger partial charge in [-0.2, -0.15) is 0 Å². The summed E-state index contributed by atoms with van der Waals surface area (Å²) in [6.45, 7) is 3.91. The first-order valence-corrected chi connectivity index (χ1v) is 7.01. The van der Waals surface area contributed by atoms with Crippen molar-refractivity contribution in [1.29, 1.82) is 0 Å². The third kappa shape index (κ3) is 3.03. The number of hydrogen-bond acceptors (Lipinski definition) is 1. The first kappa shape index (κ1) is 13.2. The Morgan fingerprint density at radius 2 is 1.38 bits per heavy atom. The number of rotatable bonds is 4. The predicted molar refractivity (Wildman–Crippen MR) is 91.7 cm³/mol. The van der Waals surface area contributed by atoms with E-state index in [1.807, 2.05) is 30.3 Å². The maximum Gasteiger partial charge on any atom is 0.0390 e. The molecule has 1 nitrogen and oxygen atoms in total. The van der Waals surface area contributed by atoms with Crippen molar-refractivity contribution in [2.75, 3.05) is 5.32 Å². The van der Waals surface area contributed by atoms with Gasteiger partial charge in [-0.05, 0) is 41.0 Å². The molecule has 0 fully saturated rings. The highest BCUT2D eigenvalue weighted by atomic mass is 14.9. The summed E-state index contributed by atoms with van der Waals surface area (Å²) < 4.78 is 0. The number of nitrogens with one attached hydrogen (secondary N) is 1. The predicted octanol–water partition coefficient (Wildman–Crippen LogP) is 5.74. The van der Waals surface area contributed by atoms with Gasteiger partial charge in [0.2, 0.25) is 0 Å². The summed E-state index contributed by atoms with van der Waals surface area (Å²) in [5.41, 5.74) is 5.68. The SMILES string of the molecule is C=Cc1ccc(Nc2ccccc2)cc1-c1ccccc1. The molecule has 0 aliphatic rings. The molecule has 3 rings (SSSR count). The number of benzene rings is 3. The highest BCUT2D eigenvalue weighted by Gasteiger charge is 2.04. The van der Waals surface area contributed by atoms with Crippen molar-refractivity contribution >= 4 is 17.5 Å². The fourth-order valence-electron chi connectivity index (χ4n) is 2.37. The lowest BCUT2D eigenvalue weighted by molar-refractivity contribution is 1.53. The zero-order chi connectivity index (χ0) is 14.5. The third-order valence-corrected chi connectivity index (χ3v) is 3.42. The van der Waals surface area contributed by atoms with Crippen LogP contribution in [0.15, 0.2) is 85.4 Å². The number of para-hydroxylation sites is 1. The monoisotopic (exact) mass is 271 g/mol. The van der Waals surface area contributed by atoms with Crippen molar-refractivity contribution in [2.45, 2.75) is 0 Å². The molecular formula is C20H17N. The van der Waals surface area contributed by atoms with Gasteiger partial charge in [0.25, 0.3) is 0 Å². The van der Waals surface area contributed by atoms with E-state index in [4.69, 9.17) is 0 Å². The minimum Gasteiger partial charge on any atom is -0.356 e. The molecule has 0 aliphatic heterocycles. The summed E-state index contributed by atoms with van der Waals surface area (Å²) >= 11 is 0. The van der Waals surface area contributed by atoms with E-state index in [-0.39, 0.29) is 0 Å². The molecule has 0 amide bonds. The normalized spacial score (nSPS) is 10.1. The van der Waals surface area contributed by atoms with Gasteiger partial charge in [-0.3, -0.25) is 0 Å². The summed E-state index contributed by atoms with van der Waals surface area (Å²) in [4.78, 5) is 0. The van der Waals surface area contributed by atoms with Crippen molar-refractivity contribution in [1.82, 2.24) is 0 Å². The first-order chi connectivity index (χ1) is 10.4. The average Bonchev–Trinajstić information content (AvgIpc) is 2.56. The minimum atomic E-state index is 1.07. The molecule has 0 bridgehead atoms. The van der Waals surface area contributed by atoms with Gasteiger partial charge < -0.3 is 5.32 Å². The average molecular weight is 271 g/mol. The molecular weight excluding hydrogens is 254 g/mol. The molecule has 3 aromatic rings. The van der Waals surface area contributed by atoms with Gasteiger partial charge in [-0.1, -0.05) is 67.3 Å². The maximum absolute atomic E-state index is 3.91. The zero-order valence-electron chi connectivity index (χ0n) is 11.8. The van der Waals surface area contributed by atoms with Crippen molar-refractivity contribution in [2.24, 2.45) is 0 Å². The largest absolute Gasteiger partial charge is 0.356 e. The van der Waals surface area contributed by atoms with Crippen LogP contribution in [0.4, 0.5) is 11.4 Å². The van der Waals surface area contributed by atoms with Crippen LogP contribution in [0.25, 0.3) is 17.2 Å². The van der Waals surface area contributed by atoms with Crippen LogP contribution in [-0.4, -0.2) is 0 Å². The third-order valence-electron chi connectivity index (χ3n) is 3.42. The Labute approximate surface area is 125 Å². The fraction of sp³-hybridized carbons (Fsp3) is 0. The van der Waals surface area contributed by atoms with E-state index in [0.717, 1.165) is 16.9 Å². The molecule has 102 valence electrons. The topological polar surface area (TPSA) is 12.0 Å². The molecule has 0 saturated carbocycles. The van der Waals surface area contributed by atoms with Gasteiger partial charge in [0.05, 0.1) is 0 Å². The van der Waals surface area contributed by atoms with E-state index in [0.29, 0.717) is 0 Å². The van der Waals surface area contributed by atoms with Gasteiger partial charge in [0, 0.05) is 11.4 Å². The van der Waals surface area contributed by atoms with Gasteiger partial charge in [-0.25, -0.2) is 0 Å². The molecule has 0 saturated heterocycles. The second kappa shape index (κ2) is 6.10. The quantitative estimate of drug-likeness (QED) is 0.638. The van der Waals surface area contributed by atoms with Gasteiger partial charge in [0.15, 0.2) is 0 Å². The fourth-order valence-corrected chi connectivity index (χ4v) is 2.37. The smallest absolute Gasteiger partial charge is 0.0390 e. The lowest BCUT2D eigenvalue weighted by Crippen LogP contribution is -1.92. The van der Waals surface area contributed by atoms with Crippen LogP contribution in [0.2, 0.25) is 0 Å². The Bertz CT molecular complexity index is 730. The van der Waals surface area contributed by atoms with E-state index in [2.05, 4.69) is 66.5 Å². The lowest BCUT2D eigenvalue weighted by Gasteiger charge is -2.11. The lowest BCUT2D eigenvalue weighted by atomic mass is 9.99. The molecule has 0 aromatic heterocycles. The van der Waals surface area contributed by atoms with Crippen LogP contribution in [0.5, 0.6) is 0 Å². The van der Waals surface area contributed by atoms with Crippen molar-refractivity contribution in [3.05, 3.63) is 91.0 Å². The highest BCUT2D eigenvalue weighted by molar-refractivity contribution is 5.79. The van der Waals surface area contributed by atoms with Crippen molar-refractivity contribution < 1.29 is 0 Å². The summed E-state index contributed by atoms with van der Waals surface area (Å²) in [6, 6.07) is 26.9. The highest BCUT2D eigenvalue weighted by Crippen LogP contribution is 2.29. The Kier molecular flexibility index (Phi) is 3.83. The zero-order valence-corrected chi connectivity index (χ0v) is 11.8. The van der Waals surface area contributed by atoms with Crippen molar-refractivity contribution in [3.63, 3.8) is 0 Å². The van der Waals surface area contributed by atoms with Gasteiger partial charge in [0.1, 0.15) is 0 Å². The van der Waals surface area contributed by atoms with Crippen LogP contribution in [0.3, 0.4) is 0 Å². The first-order valence-electron chi connectivity index (χ1n) is 7.01. The van der Waals surface area contributed by atoms with E-state index < -0.39 is 0 Å². The molecule has 0 atom stereocenters. The van der Waals surface area contributed by atoms with Crippen LogP contribution >= 0.6 is 0 Å². The summed E-state index contributed by atoms with van der Waals surface area (Å²) in [6.07, 6.45) is 1.90. The van der Waals surface area contributed by atoms with Gasteiger partial charge in [-0.15, -0.1) is 0 Å². The molecule has 0 unspecified atom stereocenters. The molecule has 0 spiro atoms. The molecule has 21 heavy (non-hydrogen) atoms. The molecule has 3 aromatic carbocycles. The summed E-state index contributed by atoms with van der Waals surface area (Å²) in [5.74, 6) is 0. The Morgan fingerprint density at radius 1 is 0.714 bits per heavy atom. The molecule has 1 heteroatoms. The van der Waals surface area contributed by atoms with E-state index in [1.54, 1.807) is 0 Å². The minimum absolute atomic E-state index is 1.07. The van der Waals surface area contributed by atoms with Crippen LogP contribution in [0.1, 0.15) is 5.56 Å². The molecule has 1 N–H and O–H groups in total. The maximum atomic E-state index is 3.91. The Hall–Kier alpha value is -2.80. The number of hydrogen-bond donors (Lipinski definition) is 1. The number of anilines is 2. The van der Waals surface area contributed by atoms with Gasteiger partial charge >= 0.3 is 0 Å². The van der Waals surface area contributed by atoms with E-state index in [9.17, 15) is 0 Å². The molecule has 0 radical (unpaired) electrons. The standard InChI is InChI=1S/C20H17N/c1-2-16-13-14-19(21-18-11-7-4-8-12-18)15-20(16)17-9-5-3-6-10-17/h2-15,21H,1H2. The van der Waals surface area contributed by atoms with E-state index in [1.165, 1.54) is 11.1 Å². The second-order valence-electron chi connectivity index (χ2n) is 4.86. The summed E-state index contributed by atoms with van der Waals surface area (Å²) in [7, 11) is 0. The Balaban J connectivity index is 1.99. The molecule has 0 aliphatic carbocycles. The van der Waals surface area contributed by atoms with E-state index >= 15 is 0 Å². The van der Waals surface area contributed by atoms with Crippen LogP contribution in [0, 0.1) is 0 Å². The van der Waals surface area contributed by atoms with Crippen LogP contribution < -0.4 is 5.32 Å². The van der Waals surface area contributed by atoms with Crippen molar-refractivity contribution in [3.8, 4) is 11.1 Å². The second-order valence-corrected chi connectivity index (χ2v) is 4.86.